The van der Waals surface area contributed by atoms with E-state index in [4.69, 9.17) is 4.98 Å². The summed E-state index contributed by atoms with van der Waals surface area (Å²) >= 11 is 4.85. The van der Waals surface area contributed by atoms with Crippen LogP contribution in [0, 0.1) is 6.92 Å². The van der Waals surface area contributed by atoms with Crippen LogP contribution >= 0.6 is 27.7 Å². The number of carbonyl (C=O) groups excluding carboxylic acids is 1. The standard InChI is InChI=1S/C24H20BrN3O2S/c1-16-8-13-22(26-15-16)28-23(30)19-5-2-3-6-20(19)27-24(28)31-14-4-7-21(29)17-9-11-18(25)12-10-17/h2-3,5-6,8-13,15H,4,7,14H2,1H3. The molecule has 0 amide bonds. The van der Waals surface area contributed by atoms with Gasteiger partial charge in [-0.3, -0.25) is 9.59 Å². The molecule has 0 aliphatic carbocycles. The van der Waals surface area contributed by atoms with Gasteiger partial charge in [0.15, 0.2) is 10.9 Å². The van der Waals surface area contributed by atoms with Gasteiger partial charge in [0, 0.05) is 28.4 Å². The van der Waals surface area contributed by atoms with Gasteiger partial charge in [0.1, 0.15) is 5.82 Å². The predicted molar refractivity (Wildman–Crippen MR) is 128 cm³/mol. The normalized spacial score (nSPS) is 11.0. The zero-order valence-corrected chi connectivity index (χ0v) is 19.3. The van der Waals surface area contributed by atoms with Crippen LogP contribution in [-0.4, -0.2) is 26.1 Å². The zero-order valence-electron chi connectivity index (χ0n) is 16.9. The number of halogens is 1. The summed E-state index contributed by atoms with van der Waals surface area (Å²) in [4.78, 5) is 34.8. The molecule has 31 heavy (non-hydrogen) atoms. The highest BCUT2D eigenvalue weighted by Gasteiger charge is 2.14. The van der Waals surface area contributed by atoms with Gasteiger partial charge >= 0.3 is 0 Å². The third kappa shape index (κ3) is 4.94. The average Bonchev–Trinajstić information content (AvgIpc) is 2.78. The van der Waals surface area contributed by atoms with Crippen LogP contribution in [0.4, 0.5) is 0 Å². The molecule has 2 aromatic carbocycles. The number of thioether (sulfide) groups is 1. The number of nitrogens with zero attached hydrogens (tertiary/aromatic N) is 3. The lowest BCUT2D eigenvalue weighted by atomic mass is 10.1. The van der Waals surface area contributed by atoms with Crippen molar-refractivity contribution in [1.82, 2.24) is 14.5 Å². The quantitative estimate of drug-likeness (QED) is 0.145. The molecule has 2 aromatic heterocycles. The van der Waals surface area contributed by atoms with Crippen molar-refractivity contribution in [2.24, 2.45) is 0 Å². The Morgan fingerprint density at radius 3 is 2.58 bits per heavy atom. The first-order valence-electron chi connectivity index (χ1n) is 9.89. The van der Waals surface area contributed by atoms with Crippen molar-refractivity contribution in [3.63, 3.8) is 0 Å². The first-order valence-corrected chi connectivity index (χ1v) is 11.7. The van der Waals surface area contributed by atoms with Gasteiger partial charge in [0.2, 0.25) is 0 Å². The maximum atomic E-state index is 13.2. The van der Waals surface area contributed by atoms with Gasteiger partial charge in [0.05, 0.1) is 10.9 Å². The molecule has 0 saturated carbocycles. The molecule has 0 N–H and O–H groups in total. The number of hydrogen-bond acceptors (Lipinski definition) is 5. The van der Waals surface area contributed by atoms with Gasteiger partial charge in [-0.05, 0) is 49.2 Å². The van der Waals surface area contributed by atoms with Crippen LogP contribution in [0.5, 0.6) is 0 Å². The summed E-state index contributed by atoms with van der Waals surface area (Å²) < 4.78 is 2.51. The maximum absolute atomic E-state index is 13.2. The third-order valence-corrected chi connectivity index (χ3v) is 6.37. The number of benzene rings is 2. The first kappa shape index (κ1) is 21.5. The van der Waals surface area contributed by atoms with Crippen LogP contribution < -0.4 is 5.56 Å². The second kappa shape index (κ2) is 9.58. The van der Waals surface area contributed by atoms with Gasteiger partial charge in [-0.25, -0.2) is 14.5 Å². The number of Topliss-reactive ketones (excluding diaryl/α,β-unsaturated/α-hetero) is 1. The Morgan fingerprint density at radius 2 is 1.84 bits per heavy atom. The SMILES string of the molecule is Cc1ccc(-n2c(SCCCC(=O)c3ccc(Br)cc3)nc3ccccc3c2=O)nc1. The van der Waals surface area contributed by atoms with E-state index in [0.717, 1.165) is 10.0 Å². The zero-order chi connectivity index (χ0) is 21.8. The summed E-state index contributed by atoms with van der Waals surface area (Å²) in [5.41, 5.74) is 2.24. The Morgan fingerprint density at radius 1 is 1.06 bits per heavy atom. The van der Waals surface area contributed by atoms with Crippen LogP contribution in [0.1, 0.15) is 28.8 Å². The molecular weight excluding hydrogens is 474 g/mol. The van der Waals surface area contributed by atoms with E-state index in [-0.39, 0.29) is 11.3 Å². The molecule has 5 nitrogen and oxygen atoms in total. The molecule has 7 heteroatoms. The van der Waals surface area contributed by atoms with E-state index in [0.29, 0.717) is 46.0 Å². The number of aromatic nitrogens is 3. The molecular formula is C24H20BrN3O2S. The molecule has 0 aliphatic heterocycles. The second-order valence-electron chi connectivity index (χ2n) is 7.13. The van der Waals surface area contributed by atoms with Gasteiger partial charge in [-0.2, -0.15) is 0 Å². The Labute approximate surface area is 192 Å². The molecule has 0 aliphatic rings. The van der Waals surface area contributed by atoms with E-state index in [9.17, 15) is 9.59 Å². The Hall–Kier alpha value is -2.77. The van der Waals surface area contributed by atoms with Crippen LogP contribution in [0.15, 0.2) is 81.3 Å². The van der Waals surface area contributed by atoms with Crippen molar-refractivity contribution in [2.75, 3.05) is 5.75 Å². The number of rotatable bonds is 7. The molecule has 4 rings (SSSR count). The molecule has 0 spiro atoms. The highest BCUT2D eigenvalue weighted by molar-refractivity contribution is 9.10. The van der Waals surface area contributed by atoms with E-state index < -0.39 is 0 Å². The number of carbonyl (C=O) groups is 1. The molecule has 0 fully saturated rings. The summed E-state index contributed by atoms with van der Waals surface area (Å²) in [5.74, 6) is 1.32. The van der Waals surface area contributed by atoms with Crippen molar-refractivity contribution in [3.8, 4) is 5.82 Å². The third-order valence-electron chi connectivity index (χ3n) is 4.82. The smallest absolute Gasteiger partial charge is 0.267 e. The summed E-state index contributed by atoms with van der Waals surface area (Å²) in [7, 11) is 0. The highest BCUT2D eigenvalue weighted by atomic mass is 79.9. The van der Waals surface area contributed by atoms with Crippen LogP contribution in [0.25, 0.3) is 16.7 Å². The largest absolute Gasteiger partial charge is 0.294 e. The van der Waals surface area contributed by atoms with E-state index in [1.807, 2.05) is 61.5 Å². The lowest BCUT2D eigenvalue weighted by Gasteiger charge is -2.12. The Kier molecular flexibility index (Phi) is 6.63. The first-order chi connectivity index (χ1) is 15.0. The lowest BCUT2D eigenvalue weighted by Crippen LogP contribution is -2.22. The summed E-state index contributed by atoms with van der Waals surface area (Å²) in [6.07, 6.45) is 2.86. The predicted octanol–water partition coefficient (Wildman–Crippen LogP) is 5.61. The lowest BCUT2D eigenvalue weighted by molar-refractivity contribution is 0.0982. The number of aryl methyl sites for hydroxylation is 1. The fourth-order valence-corrected chi connectivity index (χ4v) is 4.38. The molecule has 156 valence electrons. The van der Waals surface area contributed by atoms with Crippen molar-refractivity contribution in [1.29, 1.82) is 0 Å². The molecule has 0 unspecified atom stereocenters. The summed E-state index contributed by atoms with van der Waals surface area (Å²) in [6.45, 7) is 1.95. The Balaban J connectivity index is 1.55. The number of para-hydroxylation sites is 1. The van der Waals surface area contributed by atoms with Gasteiger partial charge < -0.3 is 0 Å². The molecule has 0 bridgehead atoms. The minimum atomic E-state index is -0.143. The molecule has 0 radical (unpaired) electrons. The average molecular weight is 494 g/mol. The molecule has 4 aromatic rings. The van der Waals surface area contributed by atoms with Crippen LogP contribution in [0.2, 0.25) is 0 Å². The van der Waals surface area contributed by atoms with Crippen LogP contribution in [-0.2, 0) is 0 Å². The van der Waals surface area contributed by atoms with Crippen molar-refractivity contribution in [2.45, 2.75) is 24.9 Å². The molecule has 0 atom stereocenters. The van der Waals surface area contributed by atoms with Gasteiger partial charge in [0.25, 0.3) is 5.56 Å². The highest BCUT2D eigenvalue weighted by Crippen LogP contribution is 2.22. The van der Waals surface area contributed by atoms with E-state index >= 15 is 0 Å². The van der Waals surface area contributed by atoms with Gasteiger partial charge in [-0.1, -0.05) is 58.0 Å². The van der Waals surface area contributed by atoms with Crippen molar-refractivity contribution in [3.05, 3.63) is 92.8 Å². The minimum Gasteiger partial charge on any atom is -0.294 e. The van der Waals surface area contributed by atoms with E-state index in [2.05, 4.69) is 20.9 Å². The molecule has 2 heterocycles. The number of fused-ring (bicyclic) bond motifs is 1. The maximum Gasteiger partial charge on any atom is 0.267 e. The van der Waals surface area contributed by atoms with E-state index in [1.165, 1.54) is 11.8 Å². The number of ketones is 1. The number of pyridine rings is 1. The number of hydrogen-bond donors (Lipinski definition) is 0. The Bertz CT molecular complexity index is 1290. The van der Waals surface area contributed by atoms with E-state index in [1.54, 1.807) is 16.8 Å². The topological polar surface area (TPSA) is 64.8 Å². The van der Waals surface area contributed by atoms with Gasteiger partial charge in [-0.15, -0.1) is 0 Å². The molecule has 0 saturated heterocycles. The monoisotopic (exact) mass is 493 g/mol. The second-order valence-corrected chi connectivity index (χ2v) is 9.11. The van der Waals surface area contributed by atoms with Crippen molar-refractivity contribution < 1.29 is 4.79 Å². The summed E-state index contributed by atoms with van der Waals surface area (Å²) in [6, 6.07) is 18.5. The fraction of sp³-hybridized carbons (Fsp3) is 0.167. The fourth-order valence-electron chi connectivity index (χ4n) is 3.18. The summed E-state index contributed by atoms with van der Waals surface area (Å²) in [5, 5.41) is 1.13. The van der Waals surface area contributed by atoms with Crippen molar-refractivity contribution >= 4 is 44.4 Å². The van der Waals surface area contributed by atoms with Crippen LogP contribution in [0.3, 0.4) is 0 Å². The minimum absolute atomic E-state index is 0.108.